The Morgan fingerprint density at radius 2 is 2.17 bits per heavy atom. The van der Waals surface area contributed by atoms with Gasteiger partial charge >= 0.3 is 0 Å². The normalized spacial score (nSPS) is 21.6. The molecule has 3 heteroatoms. The zero-order valence-electron chi connectivity index (χ0n) is 11.2. The van der Waals surface area contributed by atoms with E-state index in [0.717, 1.165) is 26.2 Å². The Balaban J connectivity index is 1.87. The molecule has 0 spiro atoms. The number of nitrogens with zero attached hydrogens (tertiary/aromatic N) is 1. The van der Waals surface area contributed by atoms with Gasteiger partial charge in [0.25, 0.3) is 0 Å². The van der Waals surface area contributed by atoms with Crippen LogP contribution in [0.4, 0.5) is 0 Å². The second kappa shape index (κ2) is 4.75. The van der Waals surface area contributed by atoms with Gasteiger partial charge in [-0.25, -0.2) is 0 Å². The van der Waals surface area contributed by atoms with Gasteiger partial charge in [0.2, 0.25) is 0 Å². The maximum Gasteiger partial charge on any atom is 0.0459 e. The smallest absolute Gasteiger partial charge is 0.0459 e. The van der Waals surface area contributed by atoms with Crippen molar-refractivity contribution in [3.05, 3.63) is 35.5 Å². The number of benzene rings is 1. The van der Waals surface area contributed by atoms with Gasteiger partial charge in [-0.15, -0.1) is 0 Å². The first kappa shape index (κ1) is 11.8. The standard InChI is InChI=1S/C15H21N3/c1-11-9-18(8-7-16-11)10-14-12(2)17-15-6-4-3-5-13(14)15/h3-6,11,16-17H,7-10H2,1-2H3. The van der Waals surface area contributed by atoms with E-state index >= 15 is 0 Å². The largest absolute Gasteiger partial charge is 0.358 e. The molecule has 2 heterocycles. The van der Waals surface area contributed by atoms with E-state index < -0.39 is 0 Å². The summed E-state index contributed by atoms with van der Waals surface area (Å²) in [5.41, 5.74) is 4.02. The van der Waals surface area contributed by atoms with Gasteiger partial charge in [0.1, 0.15) is 0 Å². The number of aromatic amines is 1. The summed E-state index contributed by atoms with van der Waals surface area (Å²) in [5.74, 6) is 0. The number of H-pyrrole nitrogens is 1. The van der Waals surface area contributed by atoms with Crippen molar-refractivity contribution in [2.75, 3.05) is 19.6 Å². The van der Waals surface area contributed by atoms with Crippen molar-refractivity contribution in [1.29, 1.82) is 0 Å². The highest BCUT2D eigenvalue weighted by atomic mass is 15.2. The summed E-state index contributed by atoms with van der Waals surface area (Å²) in [6, 6.07) is 9.20. The van der Waals surface area contributed by atoms with E-state index in [1.54, 1.807) is 0 Å². The minimum atomic E-state index is 0.601. The summed E-state index contributed by atoms with van der Waals surface area (Å²) in [5, 5.41) is 4.87. The number of piperazine rings is 1. The first-order valence-corrected chi connectivity index (χ1v) is 6.76. The molecule has 0 amide bonds. The number of aryl methyl sites for hydroxylation is 1. The Kier molecular flexibility index (Phi) is 3.10. The molecule has 3 rings (SSSR count). The van der Waals surface area contributed by atoms with Crippen molar-refractivity contribution in [3.63, 3.8) is 0 Å². The van der Waals surface area contributed by atoms with Crippen molar-refractivity contribution in [3.8, 4) is 0 Å². The van der Waals surface area contributed by atoms with Crippen LogP contribution in [0, 0.1) is 6.92 Å². The molecule has 1 aromatic carbocycles. The maximum atomic E-state index is 3.49. The molecule has 1 aromatic heterocycles. The number of rotatable bonds is 2. The van der Waals surface area contributed by atoms with Crippen LogP contribution in [0.3, 0.4) is 0 Å². The minimum absolute atomic E-state index is 0.601. The molecule has 0 bridgehead atoms. The molecule has 0 radical (unpaired) electrons. The van der Waals surface area contributed by atoms with Gasteiger partial charge in [-0.05, 0) is 25.5 Å². The SMILES string of the molecule is Cc1[nH]c2ccccc2c1CN1CCNC(C)C1. The lowest BCUT2D eigenvalue weighted by atomic mass is 10.1. The Bertz CT molecular complexity index is 544. The van der Waals surface area contributed by atoms with Gasteiger partial charge in [-0.1, -0.05) is 18.2 Å². The fraction of sp³-hybridized carbons (Fsp3) is 0.467. The van der Waals surface area contributed by atoms with Crippen LogP contribution >= 0.6 is 0 Å². The quantitative estimate of drug-likeness (QED) is 0.848. The van der Waals surface area contributed by atoms with Gasteiger partial charge in [-0.2, -0.15) is 0 Å². The lowest BCUT2D eigenvalue weighted by Crippen LogP contribution is -2.48. The zero-order valence-corrected chi connectivity index (χ0v) is 11.2. The molecule has 2 aromatic rings. The monoisotopic (exact) mass is 243 g/mol. The van der Waals surface area contributed by atoms with Crippen molar-refractivity contribution in [2.24, 2.45) is 0 Å². The zero-order chi connectivity index (χ0) is 12.5. The molecule has 1 aliphatic rings. The third kappa shape index (κ3) is 2.16. The molecular formula is C15H21N3. The second-order valence-electron chi connectivity index (χ2n) is 5.36. The number of fused-ring (bicyclic) bond motifs is 1. The summed E-state index contributed by atoms with van der Waals surface area (Å²) >= 11 is 0. The van der Waals surface area contributed by atoms with Crippen molar-refractivity contribution in [2.45, 2.75) is 26.4 Å². The van der Waals surface area contributed by atoms with Crippen molar-refractivity contribution >= 4 is 10.9 Å². The molecule has 1 saturated heterocycles. The maximum absolute atomic E-state index is 3.49. The Hall–Kier alpha value is -1.32. The van der Waals surface area contributed by atoms with E-state index in [2.05, 4.69) is 53.3 Å². The van der Waals surface area contributed by atoms with Crippen LogP contribution in [0.15, 0.2) is 24.3 Å². The van der Waals surface area contributed by atoms with Crippen LogP contribution in [-0.2, 0) is 6.54 Å². The lowest BCUT2D eigenvalue weighted by Gasteiger charge is -2.31. The molecule has 0 aliphatic carbocycles. The van der Waals surface area contributed by atoms with E-state index in [-0.39, 0.29) is 0 Å². The summed E-state index contributed by atoms with van der Waals surface area (Å²) in [6.07, 6.45) is 0. The number of aromatic nitrogens is 1. The third-order valence-corrected chi connectivity index (χ3v) is 3.86. The summed E-state index contributed by atoms with van der Waals surface area (Å²) in [4.78, 5) is 6.03. The van der Waals surface area contributed by atoms with Crippen molar-refractivity contribution in [1.82, 2.24) is 15.2 Å². The first-order chi connectivity index (χ1) is 8.74. The van der Waals surface area contributed by atoms with E-state index in [1.807, 2.05) is 0 Å². The van der Waals surface area contributed by atoms with Crippen LogP contribution < -0.4 is 5.32 Å². The van der Waals surface area contributed by atoms with E-state index in [0.29, 0.717) is 6.04 Å². The summed E-state index contributed by atoms with van der Waals surface area (Å²) in [7, 11) is 0. The first-order valence-electron chi connectivity index (χ1n) is 6.76. The predicted octanol–water partition coefficient (Wildman–Crippen LogP) is 2.27. The van der Waals surface area contributed by atoms with Crippen LogP contribution in [0.5, 0.6) is 0 Å². The van der Waals surface area contributed by atoms with E-state index in [4.69, 9.17) is 0 Å². The van der Waals surface area contributed by atoms with Crippen LogP contribution in [-0.4, -0.2) is 35.6 Å². The highest BCUT2D eigenvalue weighted by Crippen LogP contribution is 2.23. The highest BCUT2D eigenvalue weighted by molar-refractivity contribution is 5.84. The summed E-state index contributed by atoms with van der Waals surface area (Å²) in [6.45, 7) is 8.88. The van der Waals surface area contributed by atoms with Crippen LogP contribution in [0.1, 0.15) is 18.2 Å². The Morgan fingerprint density at radius 1 is 1.33 bits per heavy atom. The molecule has 1 fully saturated rings. The number of nitrogens with one attached hydrogen (secondary N) is 2. The molecule has 1 unspecified atom stereocenters. The van der Waals surface area contributed by atoms with Gasteiger partial charge in [0.05, 0.1) is 0 Å². The average Bonchev–Trinajstić information content (AvgIpc) is 2.66. The Labute approximate surface area is 108 Å². The molecule has 96 valence electrons. The average molecular weight is 243 g/mol. The minimum Gasteiger partial charge on any atom is -0.358 e. The molecular weight excluding hydrogens is 222 g/mol. The number of hydrogen-bond acceptors (Lipinski definition) is 2. The number of para-hydroxylation sites is 1. The van der Waals surface area contributed by atoms with Crippen LogP contribution in [0.2, 0.25) is 0 Å². The van der Waals surface area contributed by atoms with Gasteiger partial charge < -0.3 is 10.3 Å². The van der Waals surface area contributed by atoms with Crippen LogP contribution in [0.25, 0.3) is 10.9 Å². The highest BCUT2D eigenvalue weighted by Gasteiger charge is 2.18. The molecule has 1 aliphatic heterocycles. The van der Waals surface area contributed by atoms with Gasteiger partial charge in [-0.3, -0.25) is 4.90 Å². The predicted molar refractivity (Wildman–Crippen MR) is 75.8 cm³/mol. The van der Waals surface area contributed by atoms with E-state index in [9.17, 15) is 0 Å². The summed E-state index contributed by atoms with van der Waals surface area (Å²) < 4.78 is 0. The fourth-order valence-corrected chi connectivity index (χ4v) is 2.92. The van der Waals surface area contributed by atoms with Crippen molar-refractivity contribution < 1.29 is 0 Å². The Morgan fingerprint density at radius 3 is 3.00 bits per heavy atom. The second-order valence-corrected chi connectivity index (χ2v) is 5.36. The third-order valence-electron chi connectivity index (χ3n) is 3.86. The molecule has 0 saturated carbocycles. The van der Waals surface area contributed by atoms with E-state index in [1.165, 1.54) is 22.2 Å². The van der Waals surface area contributed by atoms with Gasteiger partial charge in [0, 0.05) is 48.8 Å². The number of hydrogen-bond donors (Lipinski definition) is 2. The topological polar surface area (TPSA) is 31.1 Å². The van der Waals surface area contributed by atoms with Gasteiger partial charge in [0.15, 0.2) is 0 Å². The molecule has 18 heavy (non-hydrogen) atoms. The lowest BCUT2D eigenvalue weighted by molar-refractivity contribution is 0.200. The molecule has 3 nitrogen and oxygen atoms in total. The molecule has 1 atom stereocenters. The fourth-order valence-electron chi connectivity index (χ4n) is 2.92. The molecule has 2 N–H and O–H groups in total.